The largest absolute Gasteiger partial charge is 0.310 e. The van der Waals surface area contributed by atoms with Crippen LogP contribution in [-0.2, 0) is 10.8 Å². The zero-order chi connectivity index (χ0) is 28.8. The maximum absolute atomic E-state index is 2.53. The van der Waals surface area contributed by atoms with Crippen molar-refractivity contribution in [2.75, 3.05) is 4.90 Å². The molecule has 0 atom stereocenters. The van der Waals surface area contributed by atoms with Crippen molar-refractivity contribution < 1.29 is 0 Å². The van der Waals surface area contributed by atoms with Gasteiger partial charge in [-0.05, 0) is 119 Å². The van der Waals surface area contributed by atoms with Crippen LogP contribution in [0.15, 0.2) is 91.0 Å². The Labute approximate surface area is 245 Å². The van der Waals surface area contributed by atoms with Gasteiger partial charge in [-0.2, -0.15) is 0 Å². The molecule has 0 spiro atoms. The molecule has 5 aromatic carbocycles. The average molecular weight is 534 g/mol. The molecule has 0 fully saturated rings. The molecular formula is C40H39N. The SMILES string of the molecule is Cc1cc(C)c(C)c(N(c2ccc3c(c2)C(C)(C)c2ccccc2-3)c2ccc3c(c2)C(C)(C)c2ccccc2-3)c1C. The molecule has 0 aromatic heterocycles. The Morgan fingerprint density at radius 3 is 1.27 bits per heavy atom. The zero-order valence-corrected chi connectivity index (χ0v) is 25.6. The first-order valence-electron chi connectivity index (χ1n) is 14.9. The normalized spacial score (nSPS) is 15.2. The fourth-order valence-electron chi connectivity index (χ4n) is 7.60. The highest BCUT2D eigenvalue weighted by molar-refractivity contribution is 5.89. The number of anilines is 3. The van der Waals surface area contributed by atoms with Crippen molar-refractivity contribution in [2.45, 2.75) is 66.2 Å². The molecule has 0 saturated heterocycles. The van der Waals surface area contributed by atoms with Gasteiger partial charge in [-0.25, -0.2) is 0 Å². The van der Waals surface area contributed by atoms with Gasteiger partial charge in [0.15, 0.2) is 0 Å². The fourth-order valence-corrected chi connectivity index (χ4v) is 7.60. The molecular weight excluding hydrogens is 494 g/mol. The van der Waals surface area contributed by atoms with E-state index >= 15 is 0 Å². The number of rotatable bonds is 3. The van der Waals surface area contributed by atoms with E-state index in [1.807, 2.05) is 0 Å². The van der Waals surface area contributed by atoms with Gasteiger partial charge >= 0.3 is 0 Å². The lowest BCUT2D eigenvalue weighted by molar-refractivity contribution is 0.660. The molecule has 5 aromatic rings. The lowest BCUT2D eigenvalue weighted by Crippen LogP contribution is -2.19. The Balaban J connectivity index is 1.48. The second-order valence-electron chi connectivity index (χ2n) is 13.2. The zero-order valence-electron chi connectivity index (χ0n) is 25.6. The summed E-state index contributed by atoms with van der Waals surface area (Å²) in [7, 11) is 0. The lowest BCUT2D eigenvalue weighted by Gasteiger charge is -2.32. The average Bonchev–Trinajstić information content (AvgIpc) is 3.33. The predicted molar refractivity (Wildman–Crippen MR) is 175 cm³/mol. The van der Waals surface area contributed by atoms with Gasteiger partial charge in [-0.1, -0.05) is 94.4 Å². The molecule has 0 N–H and O–H groups in total. The maximum atomic E-state index is 2.53. The van der Waals surface area contributed by atoms with E-state index < -0.39 is 0 Å². The van der Waals surface area contributed by atoms with Crippen LogP contribution >= 0.6 is 0 Å². The van der Waals surface area contributed by atoms with Gasteiger partial charge < -0.3 is 4.90 Å². The summed E-state index contributed by atoms with van der Waals surface area (Å²) in [5.41, 5.74) is 20.0. The number of aryl methyl sites for hydroxylation is 2. The molecule has 0 unspecified atom stereocenters. The number of nitrogens with zero attached hydrogens (tertiary/aromatic N) is 1. The monoisotopic (exact) mass is 533 g/mol. The molecule has 0 bridgehead atoms. The third-order valence-electron chi connectivity index (χ3n) is 10.2. The lowest BCUT2D eigenvalue weighted by atomic mass is 9.82. The van der Waals surface area contributed by atoms with Crippen molar-refractivity contribution in [2.24, 2.45) is 0 Å². The Kier molecular flexibility index (Phi) is 5.48. The van der Waals surface area contributed by atoms with Gasteiger partial charge in [0.2, 0.25) is 0 Å². The number of hydrogen-bond donors (Lipinski definition) is 0. The van der Waals surface area contributed by atoms with Crippen molar-refractivity contribution in [3.8, 4) is 22.3 Å². The summed E-state index contributed by atoms with van der Waals surface area (Å²) in [4.78, 5) is 2.53. The Morgan fingerprint density at radius 1 is 0.439 bits per heavy atom. The van der Waals surface area contributed by atoms with Crippen LogP contribution in [0.3, 0.4) is 0 Å². The van der Waals surface area contributed by atoms with E-state index in [0.717, 1.165) is 0 Å². The Hall–Kier alpha value is -4.10. The van der Waals surface area contributed by atoms with Gasteiger partial charge in [-0.15, -0.1) is 0 Å². The third-order valence-corrected chi connectivity index (χ3v) is 10.2. The molecule has 7 rings (SSSR count). The highest BCUT2D eigenvalue weighted by Gasteiger charge is 2.38. The van der Waals surface area contributed by atoms with Crippen molar-refractivity contribution in [3.63, 3.8) is 0 Å². The number of benzene rings is 5. The molecule has 1 heteroatoms. The van der Waals surface area contributed by atoms with E-state index in [0.29, 0.717) is 0 Å². The van der Waals surface area contributed by atoms with Crippen LogP contribution in [0.5, 0.6) is 0 Å². The van der Waals surface area contributed by atoms with Crippen LogP contribution in [0.1, 0.15) is 72.2 Å². The van der Waals surface area contributed by atoms with Crippen LogP contribution < -0.4 is 4.90 Å². The minimum absolute atomic E-state index is 0.0538. The minimum atomic E-state index is -0.0538. The summed E-state index contributed by atoms with van der Waals surface area (Å²) in [6.45, 7) is 18.5. The molecule has 0 heterocycles. The van der Waals surface area contributed by atoms with Crippen LogP contribution in [0.4, 0.5) is 17.1 Å². The van der Waals surface area contributed by atoms with Gasteiger partial charge in [0.25, 0.3) is 0 Å². The second-order valence-corrected chi connectivity index (χ2v) is 13.2. The van der Waals surface area contributed by atoms with Gasteiger partial charge in [0.05, 0.1) is 5.69 Å². The van der Waals surface area contributed by atoms with E-state index in [2.05, 4.69) is 151 Å². The number of hydrogen-bond acceptors (Lipinski definition) is 1. The summed E-state index contributed by atoms with van der Waals surface area (Å²) >= 11 is 0. The van der Waals surface area contributed by atoms with Gasteiger partial charge in [0.1, 0.15) is 0 Å². The molecule has 0 amide bonds. The van der Waals surface area contributed by atoms with Crippen LogP contribution in [0.2, 0.25) is 0 Å². The second kappa shape index (κ2) is 8.70. The maximum Gasteiger partial charge on any atom is 0.0525 e. The molecule has 0 saturated carbocycles. The summed E-state index contributed by atoms with van der Waals surface area (Å²) in [5, 5.41) is 0. The van der Waals surface area contributed by atoms with E-state index in [4.69, 9.17) is 0 Å². The first-order chi connectivity index (χ1) is 19.5. The topological polar surface area (TPSA) is 3.24 Å². The highest BCUT2D eigenvalue weighted by atomic mass is 15.1. The van der Waals surface area contributed by atoms with Crippen molar-refractivity contribution >= 4 is 17.1 Å². The molecule has 41 heavy (non-hydrogen) atoms. The van der Waals surface area contributed by atoms with E-state index in [-0.39, 0.29) is 10.8 Å². The van der Waals surface area contributed by atoms with Crippen molar-refractivity contribution in [1.29, 1.82) is 0 Å². The number of fused-ring (bicyclic) bond motifs is 6. The van der Waals surface area contributed by atoms with Crippen molar-refractivity contribution in [1.82, 2.24) is 0 Å². The van der Waals surface area contributed by atoms with Crippen LogP contribution in [0.25, 0.3) is 22.3 Å². The van der Waals surface area contributed by atoms with E-state index in [1.54, 1.807) is 0 Å². The molecule has 0 aliphatic heterocycles. The standard InChI is InChI=1S/C40H39N/c1-24-21-25(2)27(4)38(26(24)3)41(28-17-19-32-30-13-9-11-15-34(30)39(5,6)36(32)22-28)29-18-20-33-31-14-10-12-16-35(31)40(7,8)37(33)23-29/h9-23H,1-8H3. The van der Waals surface area contributed by atoms with Crippen LogP contribution in [-0.4, -0.2) is 0 Å². The van der Waals surface area contributed by atoms with Crippen LogP contribution in [0, 0.1) is 27.7 Å². The fraction of sp³-hybridized carbons (Fsp3) is 0.250. The Morgan fingerprint density at radius 2 is 0.829 bits per heavy atom. The molecule has 2 aliphatic carbocycles. The molecule has 204 valence electrons. The first-order valence-corrected chi connectivity index (χ1v) is 14.9. The summed E-state index contributed by atoms with van der Waals surface area (Å²) in [6.07, 6.45) is 0. The summed E-state index contributed by atoms with van der Waals surface area (Å²) in [6, 6.07) is 34.4. The Bertz CT molecular complexity index is 1750. The van der Waals surface area contributed by atoms with Gasteiger partial charge in [0, 0.05) is 22.2 Å². The van der Waals surface area contributed by atoms with Crippen molar-refractivity contribution in [3.05, 3.63) is 136 Å². The minimum Gasteiger partial charge on any atom is -0.310 e. The summed E-state index contributed by atoms with van der Waals surface area (Å²) in [5.74, 6) is 0. The third kappa shape index (κ3) is 3.54. The molecule has 2 aliphatic rings. The van der Waals surface area contributed by atoms with E-state index in [1.165, 1.54) is 83.8 Å². The molecule has 0 radical (unpaired) electrons. The highest BCUT2D eigenvalue weighted by Crippen LogP contribution is 2.53. The van der Waals surface area contributed by atoms with Gasteiger partial charge in [-0.3, -0.25) is 0 Å². The predicted octanol–water partition coefficient (Wildman–Crippen LogP) is 11.0. The molecule has 1 nitrogen and oxygen atoms in total. The quantitative estimate of drug-likeness (QED) is 0.223. The van der Waals surface area contributed by atoms with E-state index in [9.17, 15) is 0 Å². The summed E-state index contributed by atoms with van der Waals surface area (Å²) < 4.78 is 0. The smallest absolute Gasteiger partial charge is 0.0525 e. The first kappa shape index (κ1) is 25.8.